The van der Waals surface area contributed by atoms with Gasteiger partial charge in [-0.1, -0.05) is 24.3 Å². The van der Waals surface area contributed by atoms with Crippen LogP contribution in [0.2, 0.25) is 0 Å². The van der Waals surface area contributed by atoms with Crippen LogP contribution in [0.3, 0.4) is 0 Å². The van der Waals surface area contributed by atoms with Gasteiger partial charge in [-0.25, -0.2) is 9.59 Å². The maximum atomic E-state index is 12.2. The number of H-pyrrole nitrogens is 2. The third-order valence-corrected chi connectivity index (χ3v) is 9.32. The number of hydrogen-bond donors (Lipinski definition) is 4. The molecule has 0 saturated carbocycles. The number of aliphatic carboxylic acids is 2. The van der Waals surface area contributed by atoms with Crippen LogP contribution in [0.5, 0.6) is 0 Å². The van der Waals surface area contributed by atoms with Crippen LogP contribution in [-0.4, -0.2) is 90.3 Å². The van der Waals surface area contributed by atoms with E-state index in [0.29, 0.717) is 0 Å². The van der Waals surface area contributed by atoms with Gasteiger partial charge in [0, 0.05) is 51.1 Å². The molecule has 0 bridgehead atoms. The molecule has 12 heteroatoms. The van der Waals surface area contributed by atoms with E-state index in [1.807, 2.05) is 57.7 Å². The lowest BCUT2D eigenvalue weighted by Crippen LogP contribution is -2.37. The van der Waals surface area contributed by atoms with Gasteiger partial charge in [0.15, 0.2) is 0 Å². The van der Waals surface area contributed by atoms with Gasteiger partial charge < -0.3 is 30.0 Å². The molecule has 0 atom stereocenters. The summed E-state index contributed by atoms with van der Waals surface area (Å²) in [6.45, 7) is 5.74. The van der Waals surface area contributed by atoms with Gasteiger partial charge in [0.1, 0.15) is 0 Å². The summed E-state index contributed by atoms with van der Waals surface area (Å²) < 4.78 is 3.80. The minimum Gasteiger partial charge on any atom is -0.481 e. The van der Waals surface area contributed by atoms with Crippen molar-refractivity contribution in [2.45, 2.75) is 76.3 Å². The molecule has 0 aliphatic carbocycles. The van der Waals surface area contributed by atoms with Crippen LogP contribution in [0.15, 0.2) is 58.1 Å². The fraction of sp³-hybridized carbons (Fsp3) is 0.529. The number of benzene rings is 2. The molecule has 46 heavy (non-hydrogen) atoms. The van der Waals surface area contributed by atoms with Gasteiger partial charge in [0.25, 0.3) is 0 Å². The molecule has 2 aromatic carbocycles. The molecule has 2 aliphatic heterocycles. The number of aromatic amines is 2. The number of aromatic nitrogens is 4. The van der Waals surface area contributed by atoms with Gasteiger partial charge in [-0.05, 0) is 88.7 Å². The number of piperidine rings is 2. The SMILES string of the molecule is O=C(O)CCCCN1CCC(n2c(=O)[nH]c3ccccc32)CC1.O=C(O)CCCCN1CCC(n2c(=O)[nH]c3ccccc32)CC1. The van der Waals surface area contributed by atoms with E-state index in [4.69, 9.17) is 10.2 Å². The Morgan fingerprint density at radius 1 is 0.609 bits per heavy atom. The summed E-state index contributed by atoms with van der Waals surface area (Å²) in [6.07, 6.45) is 7.65. The fourth-order valence-corrected chi connectivity index (χ4v) is 6.90. The van der Waals surface area contributed by atoms with Gasteiger partial charge in [0.05, 0.1) is 22.1 Å². The molecule has 4 heterocycles. The first-order valence-electron chi connectivity index (χ1n) is 16.6. The summed E-state index contributed by atoms with van der Waals surface area (Å²) in [5, 5.41) is 17.3. The van der Waals surface area contributed by atoms with Crippen molar-refractivity contribution in [3.63, 3.8) is 0 Å². The molecule has 2 aliphatic rings. The van der Waals surface area contributed by atoms with Crippen molar-refractivity contribution in [2.75, 3.05) is 39.3 Å². The minimum atomic E-state index is -0.720. The van der Waals surface area contributed by atoms with Crippen molar-refractivity contribution < 1.29 is 19.8 Å². The average Bonchev–Trinajstić information content (AvgIpc) is 3.57. The third kappa shape index (κ3) is 8.55. The van der Waals surface area contributed by atoms with E-state index in [2.05, 4.69) is 19.8 Å². The number of nitrogens with one attached hydrogen (secondary N) is 2. The zero-order valence-electron chi connectivity index (χ0n) is 26.4. The first-order valence-corrected chi connectivity index (χ1v) is 16.6. The summed E-state index contributed by atoms with van der Waals surface area (Å²) >= 11 is 0. The Morgan fingerprint density at radius 3 is 1.35 bits per heavy atom. The summed E-state index contributed by atoms with van der Waals surface area (Å²) in [5.74, 6) is -1.44. The second-order valence-corrected chi connectivity index (χ2v) is 12.5. The molecule has 2 saturated heterocycles. The van der Waals surface area contributed by atoms with Crippen LogP contribution >= 0.6 is 0 Å². The maximum Gasteiger partial charge on any atom is 0.326 e. The Labute approximate surface area is 267 Å². The van der Waals surface area contributed by atoms with Crippen molar-refractivity contribution >= 4 is 34.0 Å². The molecule has 12 nitrogen and oxygen atoms in total. The van der Waals surface area contributed by atoms with Crippen LogP contribution in [0.4, 0.5) is 0 Å². The number of rotatable bonds is 12. The van der Waals surface area contributed by atoms with Crippen LogP contribution in [0.1, 0.15) is 76.3 Å². The number of para-hydroxylation sites is 4. The molecule has 2 fully saturated rings. The van der Waals surface area contributed by atoms with Gasteiger partial charge in [-0.2, -0.15) is 0 Å². The topological polar surface area (TPSA) is 157 Å². The Balaban J connectivity index is 0.000000181. The lowest BCUT2D eigenvalue weighted by molar-refractivity contribution is -0.138. The normalized spacial score (nSPS) is 16.9. The van der Waals surface area contributed by atoms with E-state index in [-0.39, 0.29) is 36.3 Å². The number of carbonyl (C=O) groups is 2. The predicted molar refractivity (Wildman–Crippen MR) is 178 cm³/mol. The number of carboxylic acid groups (broad SMARTS) is 2. The average molecular weight is 635 g/mol. The molecule has 248 valence electrons. The molecule has 0 spiro atoms. The summed E-state index contributed by atoms with van der Waals surface area (Å²) in [7, 11) is 0. The van der Waals surface area contributed by atoms with E-state index < -0.39 is 11.9 Å². The van der Waals surface area contributed by atoms with Crippen molar-refractivity contribution in [2.24, 2.45) is 0 Å². The molecular weight excluding hydrogens is 588 g/mol. The fourth-order valence-electron chi connectivity index (χ4n) is 6.90. The number of fused-ring (bicyclic) bond motifs is 2. The Kier molecular flexibility index (Phi) is 11.5. The first-order chi connectivity index (χ1) is 22.3. The third-order valence-electron chi connectivity index (χ3n) is 9.32. The van der Waals surface area contributed by atoms with Gasteiger partial charge in [0.2, 0.25) is 0 Å². The highest BCUT2D eigenvalue weighted by atomic mass is 16.4. The van der Waals surface area contributed by atoms with Crippen molar-refractivity contribution in [1.82, 2.24) is 28.9 Å². The largest absolute Gasteiger partial charge is 0.481 e. The van der Waals surface area contributed by atoms with Crippen LogP contribution in [0.25, 0.3) is 22.1 Å². The number of likely N-dealkylation sites (tertiary alicyclic amines) is 2. The summed E-state index contributed by atoms with van der Waals surface area (Å²) in [5.41, 5.74) is 3.72. The number of nitrogens with zero attached hydrogens (tertiary/aromatic N) is 4. The highest BCUT2D eigenvalue weighted by molar-refractivity contribution is 5.75. The lowest BCUT2D eigenvalue weighted by atomic mass is 10.0. The van der Waals surface area contributed by atoms with E-state index in [0.717, 1.165) is 113 Å². The molecule has 4 N–H and O–H groups in total. The predicted octanol–water partition coefficient (Wildman–Crippen LogP) is 4.44. The zero-order valence-corrected chi connectivity index (χ0v) is 26.4. The van der Waals surface area contributed by atoms with Crippen LogP contribution in [-0.2, 0) is 9.59 Å². The number of carboxylic acids is 2. The first kappa shape index (κ1) is 33.2. The van der Waals surface area contributed by atoms with Crippen LogP contribution in [0, 0.1) is 0 Å². The summed E-state index contributed by atoms with van der Waals surface area (Å²) in [6, 6.07) is 16.1. The minimum absolute atomic E-state index is 0.0221. The smallest absolute Gasteiger partial charge is 0.326 e. The number of imidazole rings is 2. The highest BCUT2D eigenvalue weighted by Crippen LogP contribution is 2.26. The Bertz CT molecular complexity index is 1580. The molecule has 2 aromatic heterocycles. The highest BCUT2D eigenvalue weighted by Gasteiger charge is 2.24. The molecular formula is C34H46N6O6. The van der Waals surface area contributed by atoms with Crippen LogP contribution < -0.4 is 11.4 Å². The van der Waals surface area contributed by atoms with Crippen molar-refractivity contribution in [3.05, 3.63) is 69.5 Å². The zero-order chi connectivity index (χ0) is 32.5. The molecule has 4 aromatic rings. The maximum absolute atomic E-state index is 12.2. The van der Waals surface area contributed by atoms with E-state index in [9.17, 15) is 19.2 Å². The molecule has 0 radical (unpaired) electrons. The number of hydrogen-bond acceptors (Lipinski definition) is 6. The standard InChI is InChI=1S/2C17H23N3O3/c2*21-16(22)7-3-4-10-19-11-8-13(9-12-19)20-15-6-2-1-5-14(15)18-17(20)23/h2*1-2,5-6,13H,3-4,7-12H2,(H,18,23)(H,21,22). The Hall–Kier alpha value is -4.16. The second-order valence-electron chi connectivity index (χ2n) is 12.5. The monoisotopic (exact) mass is 634 g/mol. The number of unbranched alkanes of at least 4 members (excludes halogenated alkanes) is 2. The lowest BCUT2D eigenvalue weighted by Gasteiger charge is -2.32. The van der Waals surface area contributed by atoms with E-state index >= 15 is 0 Å². The van der Waals surface area contributed by atoms with Gasteiger partial charge in [-0.3, -0.25) is 18.7 Å². The van der Waals surface area contributed by atoms with Crippen molar-refractivity contribution in [1.29, 1.82) is 0 Å². The van der Waals surface area contributed by atoms with E-state index in [1.54, 1.807) is 0 Å². The van der Waals surface area contributed by atoms with Gasteiger partial charge >= 0.3 is 23.3 Å². The van der Waals surface area contributed by atoms with E-state index in [1.165, 1.54) is 0 Å². The quantitative estimate of drug-likeness (QED) is 0.167. The second kappa shape index (κ2) is 15.9. The molecule has 6 rings (SSSR count). The summed E-state index contributed by atoms with van der Waals surface area (Å²) in [4.78, 5) is 56.1. The molecule has 0 amide bonds. The van der Waals surface area contributed by atoms with Crippen molar-refractivity contribution in [3.8, 4) is 0 Å². The molecule has 0 unspecified atom stereocenters. The van der Waals surface area contributed by atoms with Gasteiger partial charge in [-0.15, -0.1) is 0 Å². The Morgan fingerprint density at radius 2 is 0.978 bits per heavy atom.